The quantitative estimate of drug-likeness (QED) is 0.865. The highest BCUT2D eigenvalue weighted by Gasteiger charge is 2.24. The number of hydrogen-bond donors (Lipinski definition) is 2. The van der Waals surface area contributed by atoms with Crippen molar-refractivity contribution < 1.29 is 14.3 Å². The van der Waals surface area contributed by atoms with Gasteiger partial charge in [0.25, 0.3) is 0 Å². The molecule has 1 aromatic carbocycles. The van der Waals surface area contributed by atoms with Crippen molar-refractivity contribution in [3.63, 3.8) is 0 Å². The van der Waals surface area contributed by atoms with Crippen molar-refractivity contribution in [2.75, 3.05) is 13.2 Å². The van der Waals surface area contributed by atoms with Gasteiger partial charge in [0.1, 0.15) is 13.2 Å². The van der Waals surface area contributed by atoms with E-state index >= 15 is 0 Å². The molecule has 138 valence electrons. The third-order valence-electron chi connectivity index (χ3n) is 5.23. The smallest absolute Gasteiger partial charge is 0.315 e. The largest absolute Gasteiger partial charge is 0.486 e. The maximum atomic E-state index is 12.5. The zero-order chi connectivity index (χ0) is 17.8. The Morgan fingerprint density at radius 2 is 1.76 bits per heavy atom. The van der Waals surface area contributed by atoms with Gasteiger partial charge in [-0.25, -0.2) is 4.79 Å². The molecule has 0 spiro atoms. The first-order valence-electron chi connectivity index (χ1n) is 9.49. The van der Waals surface area contributed by atoms with Crippen LogP contribution in [0.3, 0.4) is 0 Å². The molecule has 1 aromatic rings. The van der Waals surface area contributed by atoms with E-state index in [4.69, 9.17) is 9.47 Å². The average Bonchev–Trinajstić information content (AvgIpc) is 2.61. The van der Waals surface area contributed by atoms with Crippen LogP contribution in [0.4, 0.5) is 4.79 Å². The predicted octanol–water partition coefficient (Wildman–Crippen LogP) is 4.03. The Hall–Kier alpha value is -1.91. The van der Waals surface area contributed by atoms with E-state index in [2.05, 4.69) is 31.4 Å². The summed E-state index contributed by atoms with van der Waals surface area (Å²) in [6.45, 7) is 7.67. The number of amides is 2. The summed E-state index contributed by atoms with van der Waals surface area (Å²) >= 11 is 0. The lowest BCUT2D eigenvalue weighted by Gasteiger charge is -2.29. The summed E-state index contributed by atoms with van der Waals surface area (Å²) in [5.41, 5.74) is 1.05. The van der Waals surface area contributed by atoms with E-state index in [1.54, 1.807) is 0 Å². The number of urea groups is 1. The molecule has 1 heterocycles. The van der Waals surface area contributed by atoms with E-state index < -0.39 is 0 Å². The van der Waals surface area contributed by atoms with E-state index in [9.17, 15) is 4.79 Å². The summed E-state index contributed by atoms with van der Waals surface area (Å²) in [7, 11) is 0. The van der Waals surface area contributed by atoms with Crippen molar-refractivity contribution in [1.82, 2.24) is 10.6 Å². The predicted molar refractivity (Wildman–Crippen MR) is 98.1 cm³/mol. The van der Waals surface area contributed by atoms with Crippen LogP contribution in [0, 0.1) is 11.8 Å². The number of hydrogen-bond acceptors (Lipinski definition) is 3. The summed E-state index contributed by atoms with van der Waals surface area (Å²) in [4.78, 5) is 12.5. The molecule has 1 aliphatic carbocycles. The zero-order valence-corrected chi connectivity index (χ0v) is 15.5. The number of rotatable bonds is 4. The number of ether oxygens (including phenoxy) is 2. The van der Waals surface area contributed by atoms with Crippen molar-refractivity contribution in [2.45, 2.75) is 58.5 Å². The second-order valence-corrected chi connectivity index (χ2v) is 7.70. The molecule has 1 aliphatic heterocycles. The van der Waals surface area contributed by atoms with Crippen LogP contribution < -0.4 is 20.1 Å². The van der Waals surface area contributed by atoms with Gasteiger partial charge in [-0.05, 0) is 55.2 Å². The third kappa shape index (κ3) is 4.59. The first kappa shape index (κ1) is 17.9. The molecule has 2 aliphatic rings. The Kier molecular flexibility index (Phi) is 5.71. The van der Waals surface area contributed by atoms with Gasteiger partial charge < -0.3 is 20.1 Å². The molecule has 2 amide bonds. The number of benzene rings is 1. The first-order chi connectivity index (χ1) is 12.0. The Labute approximate surface area is 150 Å². The second kappa shape index (κ2) is 7.98. The molecule has 0 radical (unpaired) electrons. The molecule has 1 unspecified atom stereocenters. The highest BCUT2D eigenvalue weighted by atomic mass is 16.6. The fraction of sp³-hybridized carbons (Fsp3) is 0.650. The standard InChI is InChI=1S/C20H30N2O3/c1-13(2)19(15-6-9-17-18(12-15)25-11-10-24-17)22-20(23)21-16-7-4-14(3)5-8-16/h6,9,12-14,16,19H,4-5,7-8,10-11H2,1-3H3,(H2,21,22,23). The Bertz CT molecular complexity index is 595. The van der Waals surface area contributed by atoms with Gasteiger partial charge in [0.05, 0.1) is 6.04 Å². The van der Waals surface area contributed by atoms with E-state index in [0.717, 1.165) is 35.8 Å². The summed E-state index contributed by atoms with van der Waals surface area (Å²) in [6, 6.07) is 6.10. The van der Waals surface area contributed by atoms with Crippen LogP contribution >= 0.6 is 0 Å². The fourth-order valence-electron chi connectivity index (χ4n) is 3.66. The molecule has 2 N–H and O–H groups in total. The van der Waals surface area contributed by atoms with E-state index in [0.29, 0.717) is 19.3 Å². The molecule has 1 saturated carbocycles. The number of nitrogens with one attached hydrogen (secondary N) is 2. The molecule has 5 heteroatoms. The highest BCUT2D eigenvalue weighted by Crippen LogP contribution is 2.34. The van der Waals surface area contributed by atoms with Crippen LogP contribution in [0.5, 0.6) is 11.5 Å². The van der Waals surface area contributed by atoms with Gasteiger partial charge in [-0.3, -0.25) is 0 Å². The van der Waals surface area contributed by atoms with Crippen molar-refractivity contribution in [3.05, 3.63) is 23.8 Å². The van der Waals surface area contributed by atoms with Crippen LogP contribution in [-0.2, 0) is 0 Å². The molecule has 0 bridgehead atoms. The zero-order valence-electron chi connectivity index (χ0n) is 15.5. The van der Waals surface area contributed by atoms with Gasteiger partial charge >= 0.3 is 6.03 Å². The number of carbonyl (C=O) groups excluding carboxylic acids is 1. The summed E-state index contributed by atoms with van der Waals surface area (Å²) < 4.78 is 11.3. The lowest BCUT2D eigenvalue weighted by Crippen LogP contribution is -2.45. The molecule has 1 atom stereocenters. The van der Waals surface area contributed by atoms with Crippen LogP contribution in [0.1, 0.15) is 58.1 Å². The van der Waals surface area contributed by atoms with Crippen molar-refractivity contribution in [1.29, 1.82) is 0 Å². The molecule has 0 saturated heterocycles. The van der Waals surface area contributed by atoms with Crippen molar-refractivity contribution >= 4 is 6.03 Å². The Morgan fingerprint density at radius 1 is 1.08 bits per heavy atom. The highest BCUT2D eigenvalue weighted by molar-refractivity contribution is 5.75. The monoisotopic (exact) mass is 346 g/mol. The topological polar surface area (TPSA) is 59.6 Å². The van der Waals surface area contributed by atoms with Gasteiger partial charge in [-0.15, -0.1) is 0 Å². The average molecular weight is 346 g/mol. The number of carbonyl (C=O) groups is 1. The fourth-order valence-corrected chi connectivity index (χ4v) is 3.66. The number of fused-ring (bicyclic) bond motifs is 1. The van der Waals surface area contributed by atoms with E-state index in [1.807, 2.05) is 18.2 Å². The maximum Gasteiger partial charge on any atom is 0.315 e. The van der Waals surface area contributed by atoms with E-state index in [-0.39, 0.29) is 18.0 Å². The van der Waals surface area contributed by atoms with E-state index in [1.165, 1.54) is 12.8 Å². The summed E-state index contributed by atoms with van der Waals surface area (Å²) in [6.07, 6.45) is 4.54. The normalized spacial score (nSPS) is 23.8. The molecular weight excluding hydrogens is 316 g/mol. The van der Waals surface area contributed by atoms with Gasteiger partial charge in [0.2, 0.25) is 0 Å². The van der Waals surface area contributed by atoms with Gasteiger partial charge in [-0.1, -0.05) is 26.8 Å². The van der Waals surface area contributed by atoms with Crippen molar-refractivity contribution in [2.24, 2.45) is 11.8 Å². The molecule has 3 rings (SSSR count). The van der Waals surface area contributed by atoms with Crippen LogP contribution in [0.25, 0.3) is 0 Å². The van der Waals surface area contributed by atoms with Gasteiger partial charge in [0.15, 0.2) is 11.5 Å². The lowest BCUT2D eigenvalue weighted by molar-refractivity contribution is 0.171. The van der Waals surface area contributed by atoms with Gasteiger partial charge in [-0.2, -0.15) is 0 Å². The maximum absolute atomic E-state index is 12.5. The minimum atomic E-state index is -0.0758. The summed E-state index contributed by atoms with van der Waals surface area (Å²) in [5.74, 6) is 2.60. The molecule has 1 fully saturated rings. The Morgan fingerprint density at radius 3 is 2.44 bits per heavy atom. The Balaban J connectivity index is 1.64. The van der Waals surface area contributed by atoms with Crippen molar-refractivity contribution in [3.8, 4) is 11.5 Å². The summed E-state index contributed by atoms with van der Waals surface area (Å²) in [5, 5.41) is 6.30. The minimum Gasteiger partial charge on any atom is -0.486 e. The van der Waals surface area contributed by atoms with Crippen LogP contribution in [0.15, 0.2) is 18.2 Å². The van der Waals surface area contributed by atoms with Gasteiger partial charge in [0, 0.05) is 6.04 Å². The third-order valence-corrected chi connectivity index (χ3v) is 5.23. The first-order valence-corrected chi connectivity index (χ1v) is 9.49. The molecule has 0 aromatic heterocycles. The molecule has 5 nitrogen and oxygen atoms in total. The molecule has 25 heavy (non-hydrogen) atoms. The molecular formula is C20H30N2O3. The lowest BCUT2D eigenvalue weighted by atomic mass is 9.87. The minimum absolute atomic E-state index is 0.0571. The van der Waals surface area contributed by atoms with Crippen LogP contribution in [-0.4, -0.2) is 25.3 Å². The second-order valence-electron chi connectivity index (χ2n) is 7.70. The SMILES string of the molecule is CC1CCC(NC(=O)NC(c2ccc3c(c2)OCCO3)C(C)C)CC1. The van der Waals surface area contributed by atoms with Crippen LogP contribution in [0.2, 0.25) is 0 Å².